The molecule has 0 amide bonds. The first kappa shape index (κ1) is 25.9. The van der Waals surface area contributed by atoms with E-state index in [1.807, 2.05) is 0 Å². The second-order valence-electron chi connectivity index (χ2n) is 8.98. The van der Waals surface area contributed by atoms with Crippen LogP contribution in [0.1, 0.15) is 136 Å². The van der Waals surface area contributed by atoms with Gasteiger partial charge in [0.25, 0.3) is 0 Å². The molecule has 0 aliphatic rings. The Kier molecular flexibility index (Phi) is 19.6. The predicted octanol–water partition coefficient (Wildman–Crippen LogP) is 7.39. The lowest BCUT2D eigenvalue weighted by atomic mass is 10.0. The minimum atomic E-state index is -0.116. The summed E-state index contributed by atoms with van der Waals surface area (Å²) in [7, 11) is 0. The topological polar surface area (TPSA) is 32.3 Å². The monoisotopic (exact) mass is 369 g/mol. The molecule has 0 aliphatic heterocycles. The van der Waals surface area contributed by atoms with Crippen molar-refractivity contribution in [2.45, 2.75) is 142 Å². The van der Waals surface area contributed by atoms with Crippen molar-refractivity contribution in [2.75, 3.05) is 13.2 Å². The molecular formula is C24H51NO. The van der Waals surface area contributed by atoms with Crippen LogP contribution in [0.25, 0.3) is 0 Å². The van der Waals surface area contributed by atoms with Gasteiger partial charge in [0.2, 0.25) is 0 Å². The lowest BCUT2D eigenvalue weighted by Gasteiger charge is -2.23. The average molecular weight is 370 g/mol. The Bertz CT molecular complexity index is 265. The highest BCUT2D eigenvalue weighted by atomic mass is 16.3. The van der Waals surface area contributed by atoms with Gasteiger partial charge in [-0.2, -0.15) is 0 Å². The molecule has 0 unspecified atom stereocenters. The lowest BCUT2D eigenvalue weighted by molar-refractivity contribution is 0.188. The van der Waals surface area contributed by atoms with E-state index < -0.39 is 0 Å². The lowest BCUT2D eigenvalue weighted by Crippen LogP contribution is -2.43. The first-order valence-electron chi connectivity index (χ1n) is 12.0. The van der Waals surface area contributed by atoms with Crippen LogP contribution in [0, 0.1) is 0 Å². The summed E-state index contributed by atoms with van der Waals surface area (Å²) >= 11 is 0. The molecule has 2 heteroatoms. The van der Waals surface area contributed by atoms with E-state index in [9.17, 15) is 5.11 Å². The van der Waals surface area contributed by atoms with Gasteiger partial charge in [0.15, 0.2) is 0 Å². The summed E-state index contributed by atoms with van der Waals surface area (Å²) in [5.41, 5.74) is -0.116. The van der Waals surface area contributed by atoms with E-state index in [1.165, 1.54) is 116 Å². The summed E-state index contributed by atoms with van der Waals surface area (Å²) in [6.45, 7) is 7.66. The molecule has 0 aromatic carbocycles. The Morgan fingerprint density at radius 3 is 1.15 bits per heavy atom. The Hall–Kier alpha value is -0.0800. The number of unbranched alkanes of at least 4 members (excludes halogenated alkanes) is 17. The number of aliphatic hydroxyl groups excluding tert-OH is 1. The summed E-state index contributed by atoms with van der Waals surface area (Å²) in [5.74, 6) is 0. The fourth-order valence-corrected chi connectivity index (χ4v) is 3.51. The Morgan fingerprint density at radius 2 is 0.846 bits per heavy atom. The van der Waals surface area contributed by atoms with Crippen molar-refractivity contribution in [3.05, 3.63) is 0 Å². The molecule has 0 spiro atoms. The molecule has 0 saturated carbocycles. The van der Waals surface area contributed by atoms with Gasteiger partial charge in [-0.25, -0.2) is 0 Å². The van der Waals surface area contributed by atoms with E-state index in [-0.39, 0.29) is 12.1 Å². The summed E-state index contributed by atoms with van der Waals surface area (Å²) < 4.78 is 0. The van der Waals surface area contributed by atoms with Crippen molar-refractivity contribution in [1.29, 1.82) is 0 Å². The molecule has 0 saturated heterocycles. The molecule has 26 heavy (non-hydrogen) atoms. The van der Waals surface area contributed by atoms with Crippen LogP contribution in [0.3, 0.4) is 0 Å². The summed E-state index contributed by atoms with van der Waals surface area (Å²) in [5, 5.41) is 12.6. The van der Waals surface area contributed by atoms with E-state index >= 15 is 0 Å². The first-order valence-corrected chi connectivity index (χ1v) is 12.0. The zero-order valence-corrected chi connectivity index (χ0v) is 18.6. The fourth-order valence-electron chi connectivity index (χ4n) is 3.51. The van der Waals surface area contributed by atoms with E-state index in [1.54, 1.807) is 0 Å². The van der Waals surface area contributed by atoms with Crippen molar-refractivity contribution >= 4 is 0 Å². The van der Waals surface area contributed by atoms with E-state index in [0.717, 1.165) is 6.54 Å². The number of hydrogen-bond acceptors (Lipinski definition) is 2. The summed E-state index contributed by atoms with van der Waals surface area (Å²) in [4.78, 5) is 0. The maximum atomic E-state index is 9.18. The van der Waals surface area contributed by atoms with Gasteiger partial charge in [-0.15, -0.1) is 0 Å². The van der Waals surface area contributed by atoms with E-state index in [4.69, 9.17) is 0 Å². The molecule has 2 N–H and O–H groups in total. The normalized spacial score (nSPS) is 12.0. The molecule has 0 heterocycles. The standard InChI is InChI=1S/C24H51NO/c1-4-5-6-7-8-9-10-11-12-13-14-15-16-17-18-19-20-21-22-25-24(2,3)23-26/h25-26H,4-23H2,1-3H3. The van der Waals surface area contributed by atoms with Crippen LogP contribution < -0.4 is 5.32 Å². The predicted molar refractivity (Wildman–Crippen MR) is 118 cm³/mol. The van der Waals surface area contributed by atoms with Gasteiger partial charge in [0.05, 0.1) is 6.61 Å². The van der Waals surface area contributed by atoms with Crippen molar-refractivity contribution in [3.8, 4) is 0 Å². The third-order valence-corrected chi connectivity index (χ3v) is 5.53. The van der Waals surface area contributed by atoms with Gasteiger partial charge in [0, 0.05) is 5.54 Å². The van der Waals surface area contributed by atoms with Gasteiger partial charge in [0.1, 0.15) is 0 Å². The third kappa shape index (κ3) is 20.2. The van der Waals surface area contributed by atoms with Crippen LogP contribution in [-0.4, -0.2) is 23.8 Å². The van der Waals surface area contributed by atoms with Crippen molar-refractivity contribution < 1.29 is 5.11 Å². The number of aliphatic hydroxyl groups is 1. The van der Waals surface area contributed by atoms with Gasteiger partial charge in [-0.1, -0.05) is 116 Å². The number of nitrogens with one attached hydrogen (secondary N) is 1. The summed E-state index contributed by atoms with van der Waals surface area (Å²) in [6, 6.07) is 0. The smallest absolute Gasteiger partial charge is 0.0607 e. The maximum absolute atomic E-state index is 9.18. The Labute approximate surface area is 165 Å². The third-order valence-electron chi connectivity index (χ3n) is 5.53. The van der Waals surface area contributed by atoms with Gasteiger partial charge in [-0.05, 0) is 26.8 Å². The van der Waals surface area contributed by atoms with Crippen LogP contribution in [-0.2, 0) is 0 Å². The number of rotatable bonds is 21. The number of hydrogen-bond donors (Lipinski definition) is 2. The second-order valence-corrected chi connectivity index (χ2v) is 8.98. The molecule has 0 fully saturated rings. The zero-order valence-electron chi connectivity index (χ0n) is 18.6. The minimum absolute atomic E-state index is 0.116. The molecule has 158 valence electrons. The molecule has 0 bridgehead atoms. The summed E-state index contributed by atoms with van der Waals surface area (Å²) in [6.07, 6.45) is 25.6. The molecule has 0 rings (SSSR count). The molecule has 0 radical (unpaired) electrons. The highest BCUT2D eigenvalue weighted by Crippen LogP contribution is 2.14. The van der Waals surface area contributed by atoms with Crippen molar-refractivity contribution in [2.24, 2.45) is 0 Å². The molecule has 0 aromatic rings. The SMILES string of the molecule is CCCCCCCCCCCCCCCCCCCCNC(C)(C)CO. The van der Waals surface area contributed by atoms with Crippen molar-refractivity contribution in [3.63, 3.8) is 0 Å². The largest absolute Gasteiger partial charge is 0.394 e. The van der Waals surface area contributed by atoms with Gasteiger partial charge >= 0.3 is 0 Å². The minimum Gasteiger partial charge on any atom is -0.394 e. The van der Waals surface area contributed by atoms with E-state index in [0.29, 0.717) is 0 Å². The van der Waals surface area contributed by atoms with Crippen LogP contribution in [0.15, 0.2) is 0 Å². The zero-order chi connectivity index (χ0) is 19.3. The molecule has 2 nitrogen and oxygen atoms in total. The van der Waals surface area contributed by atoms with Gasteiger partial charge in [-0.3, -0.25) is 0 Å². The highest BCUT2D eigenvalue weighted by Gasteiger charge is 2.13. The van der Waals surface area contributed by atoms with Crippen LogP contribution >= 0.6 is 0 Å². The Morgan fingerprint density at radius 1 is 0.538 bits per heavy atom. The second kappa shape index (κ2) is 19.7. The average Bonchev–Trinajstić information content (AvgIpc) is 2.63. The first-order chi connectivity index (χ1) is 12.6. The van der Waals surface area contributed by atoms with Crippen LogP contribution in [0.2, 0.25) is 0 Å². The van der Waals surface area contributed by atoms with Crippen LogP contribution in [0.5, 0.6) is 0 Å². The molecule has 0 aliphatic carbocycles. The van der Waals surface area contributed by atoms with Gasteiger partial charge < -0.3 is 10.4 Å². The molecular weight excluding hydrogens is 318 g/mol. The van der Waals surface area contributed by atoms with E-state index in [2.05, 4.69) is 26.1 Å². The fraction of sp³-hybridized carbons (Fsp3) is 1.00. The van der Waals surface area contributed by atoms with Crippen LogP contribution in [0.4, 0.5) is 0 Å². The van der Waals surface area contributed by atoms with Crippen molar-refractivity contribution in [1.82, 2.24) is 5.32 Å². The highest BCUT2D eigenvalue weighted by molar-refractivity contribution is 4.75. The Balaban J connectivity index is 3.05. The quantitative estimate of drug-likeness (QED) is 0.207. The maximum Gasteiger partial charge on any atom is 0.0607 e. The molecule has 0 atom stereocenters. The molecule has 0 aromatic heterocycles.